The molecule has 0 aliphatic heterocycles. The van der Waals surface area contributed by atoms with Gasteiger partial charge in [-0.25, -0.2) is 0 Å². The topological polar surface area (TPSA) is 44.5 Å². The maximum absolute atomic E-state index is 5.94. The highest BCUT2D eigenvalue weighted by Crippen LogP contribution is 2.23. The molecule has 2 aromatic rings. The lowest BCUT2D eigenvalue weighted by Crippen LogP contribution is -2.14. The predicted octanol–water partition coefficient (Wildman–Crippen LogP) is 4.56. The van der Waals surface area contributed by atoms with Crippen molar-refractivity contribution >= 4 is 28.8 Å². The number of benzene rings is 2. The molecular formula is C18H20ClNO2S. The molecule has 0 spiro atoms. The lowest BCUT2D eigenvalue weighted by Gasteiger charge is -2.12. The van der Waals surface area contributed by atoms with Crippen molar-refractivity contribution in [2.24, 2.45) is 5.73 Å². The van der Waals surface area contributed by atoms with Gasteiger partial charge in [0.1, 0.15) is 29.7 Å². The van der Waals surface area contributed by atoms with Gasteiger partial charge < -0.3 is 15.2 Å². The molecule has 0 unspecified atom stereocenters. The third-order valence-electron chi connectivity index (χ3n) is 3.36. The number of ether oxygens (including phenoxy) is 2. The molecule has 0 aliphatic carbocycles. The first-order valence-electron chi connectivity index (χ1n) is 7.42. The van der Waals surface area contributed by atoms with Crippen LogP contribution >= 0.6 is 23.8 Å². The highest BCUT2D eigenvalue weighted by molar-refractivity contribution is 7.80. The Morgan fingerprint density at radius 2 is 1.74 bits per heavy atom. The Morgan fingerprint density at radius 1 is 1.09 bits per heavy atom. The molecule has 2 rings (SSSR count). The van der Waals surface area contributed by atoms with Crippen molar-refractivity contribution in [1.29, 1.82) is 0 Å². The van der Waals surface area contributed by atoms with E-state index in [4.69, 9.17) is 39.0 Å². The first kappa shape index (κ1) is 17.6. The summed E-state index contributed by atoms with van der Waals surface area (Å²) in [4.78, 5) is 0.257. The SMILES string of the molecule is CC(C)c1ccc(OCCOc2ccc(Cl)cc2C(N)=S)cc1. The van der Waals surface area contributed by atoms with E-state index in [1.807, 2.05) is 12.1 Å². The van der Waals surface area contributed by atoms with Gasteiger partial charge >= 0.3 is 0 Å². The fourth-order valence-electron chi connectivity index (χ4n) is 2.08. The predicted molar refractivity (Wildman–Crippen MR) is 98.9 cm³/mol. The summed E-state index contributed by atoms with van der Waals surface area (Å²) in [6, 6.07) is 13.3. The van der Waals surface area contributed by atoms with Crippen molar-refractivity contribution in [2.75, 3.05) is 13.2 Å². The van der Waals surface area contributed by atoms with Crippen molar-refractivity contribution in [3.63, 3.8) is 0 Å². The summed E-state index contributed by atoms with van der Waals surface area (Å²) in [6.07, 6.45) is 0. The van der Waals surface area contributed by atoms with Crippen LogP contribution in [-0.2, 0) is 0 Å². The minimum absolute atomic E-state index is 0.257. The van der Waals surface area contributed by atoms with Crippen molar-refractivity contribution in [3.05, 3.63) is 58.6 Å². The first-order valence-corrected chi connectivity index (χ1v) is 8.21. The number of thiocarbonyl (C=S) groups is 1. The summed E-state index contributed by atoms with van der Waals surface area (Å²) >= 11 is 10.9. The standard InChI is InChI=1S/C18H20ClNO2S/c1-12(2)13-3-6-15(7-4-13)21-9-10-22-17-8-5-14(19)11-16(17)18(20)23/h3-8,11-12H,9-10H2,1-2H3,(H2,20,23). The molecule has 0 bridgehead atoms. The van der Waals surface area contributed by atoms with Crippen LogP contribution in [0.4, 0.5) is 0 Å². The minimum atomic E-state index is 0.257. The van der Waals surface area contributed by atoms with E-state index >= 15 is 0 Å². The molecule has 0 amide bonds. The molecule has 23 heavy (non-hydrogen) atoms. The Balaban J connectivity index is 1.87. The van der Waals surface area contributed by atoms with E-state index in [0.717, 1.165) is 5.75 Å². The maximum atomic E-state index is 5.94. The van der Waals surface area contributed by atoms with Crippen LogP contribution in [0, 0.1) is 0 Å². The van der Waals surface area contributed by atoms with Gasteiger partial charge in [0.05, 0.1) is 5.56 Å². The summed E-state index contributed by atoms with van der Waals surface area (Å²) < 4.78 is 11.4. The Labute approximate surface area is 147 Å². The zero-order chi connectivity index (χ0) is 16.8. The molecular weight excluding hydrogens is 330 g/mol. The second kappa shape index (κ2) is 8.18. The van der Waals surface area contributed by atoms with Crippen molar-refractivity contribution in [1.82, 2.24) is 0 Å². The van der Waals surface area contributed by atoms with E-state index in [9.17, 15) is 0 Å². The van der Waals surface area contributed by atoms with Crippen molar-refractivity contribution < 1.29 is 9.47 Å². The lowest BCUT2D eigenvalue weighted by molar-refractivity contribution is 0.217. The molecule has 5 heteroatoms. The smallest absolute Gasteiger partial charge is 0.129 e. The number of hydrogen-bond donors (Lipinski definition) is 1. The van der Waals surface area contributed by atoms with Gasteiger partial charge in [0.2, 0.25) is 0 Å². The van der Waals surface area contributed by atoms with E-state index < -0.39 is 0 Å². The van der Waals surface area contributed by atoms with Gasteiger partial charge in [0, 0.05) is 5.02 Å². The summed E-state index contributed by atoms with van der Waals surface area (Å²) in [6.45, 7) is 5.15. The molecule has 0 atom stereocenters. The number of hydrogen-bond acceptors (Lipinski definition) is 3. The van der Waals surface area contributed by atoms with Gasteiger partial charge in [-0.1, -0.05) is 49.8 Å². The third kappa shape index (κ3) is 5.12. The molecule has 0 saturated heterocycles. The van der Waals surface area contributed by atoms with Crippen LogP contribution in [-0.4, -0.2) is 18.2 Å². The number of halogens is 1. The van der Waals surface area contributed by atoms with E-state index in [2.05, 4.69) is 26.0 Å². The van der Waals surface area contributed by atoms with Crippen molar-refractivity contribution in [2.45, 2.75) is 19.8 Å². The third-order valence-corrected chi connectivity index (χ3v) is 3.82. The van der Waals surface area contributed by atoms with Gasteiger partial charge in [0.25, 0.3) is 0 Å². The molecule has 0 heterocycles. The Morgan fingerprint density at radius 3 is 2.35 bits per heavy atom. The molecule has 0 aliphatic rings. The highest BCUT2D eigenvalue weighted by Gasteiger charge is 2.07. The summed E-state index contributed by atoms with van der Waals surface area (Å²) in [5, 5.41) is 0.571. The molecule has 2 N–H and O–H groups in total. The van der Waals surface area contributed by atoms with E-state index in [0.29, 0.717) is 35.5 Å². The second-order valence-corrected chi connectivity index (χ2v) is 6.30. The summed E-state index contributed by atoms with van der Waals surface area (Å²) in [5.41, 5.74) is 7.60. The fourth-order valence-corrected chi connectivity index (χ4v) is 2.41. The van der Waals surface area contributed by atoms with Crippen LogP contribution in [0.3, 0.4) is 0 Å². The van der Waals surface area contributed by atoms with Crippen LogP contribution < -0.4 is 15.2 Å². The van der Waals surface area contributed by atoms with Crippen LogP contribution in [0.5, 0.6) is 11.5 Å². The van der Waals surface area contributed by atoms with E-state index in [1.165, 1.54) is 5.56 Å². The zero-order valence-electron chi connectivity index (χ0n) is 13.2. The van der Waals surface area contributed by atoms with Gasteiger partial charge in [-0.3, -0.25) is 0 Å². The maximum Gasteiger partial charge on any atom is 0.129 e. The monoisotopic (exact) mass is 349 g/mol. The fraction of sp³-hybridized carbons (Fsp3) is 0.278. The van der Waals surface area contributed by atoms with Crippen LogP contribution in [0.15, 0.2) is 42.5 Å². The van der Waals surface area contributed by atoms with Crippen LogP contribution in [0.1, 0.15) is 30.9 Å². The first-order chi connectivity index (χ1) is 11.0. The summed E-state index contributed by atoms with van der Waals surface area (Å²) in [7, 11) is 0. The van der Waals surface area contributed by atoms with E-state index in [1.54, 1.807) is 18.2 Å². The molecule has 0 fully saturated rings. The average Bonchev–Trinajstić information content (AvgIpc) is 2.53. The highest BCUT2D eigenvalue weighted by atomic mass is 35.5. The van der Waals surface area contributed by atoms with Gasteiger partial charge in [-0.2, -0.15) is 0 Å². The number of nitrogens with two attached hydrogens (primary N) is 1. The van der Waals surface area contributed by atoms with Gasteiger partial charge in [0.15, 0.2) is 0 Å². The Bertz CT molecular complexity index is 671. The van der Waals surface area contributed by atoms with Crippen molar-refractivity contribution in [3.8, 4) is 11.5 Å². The largest absolute Gasteiger partial charge is 0.490 e. The molecule has 122 valence electrons. The molecule has 0 radical (unpaired) electrons. The lowest BCUT2D eigenvalue weighted by atomic mass is 10.0. The molecule has 0 saturated carbocycles. The van der Waals surface area contributed by atoms with Gasteiger partial charge in [-0.15, -0.1) is 0 Å². The Kier molecular flexibility index (Phi) is 6.25. The molecule has 0 aromatic heterocycles. The summed E-state index contributed by atoms with van der Waals surface area (Å²) in [5.74, 6) is 1.94. The molecule has 3 nitrogen and oxygen atoms in total. The zero-order valence-corrected chi connectivity index (χ0v) is 14.8. The quantitative estimate of drug-likeness (QED) is 0.588. The Hall–Kier alpha value is -1.78. The number of rotatable bonds is 7. The van der Waals surface area contributed by atoms with Gasteiger partial charge in [-0.05, 0) is 41.8 Å². The van der Waals surface area contributed by atoms with Crippen LogP contribution in [0.25, 0.3) is 0 Å². The minimum Gasteiger partial charge on any atom is -0.490 e. The molecule has 2 aromatic carbocycles. The van der Waals surface area contributed by atoms with Crippen LogP contribution in [0.2, 0.25) is 5.02 Å². The average molecular weight is 350 g/mol. The second-order valence-electron chi connectivity index (χ2n) is 5.43. The normalized spacial score (nSPS) is 10.6. The van der Waals surface area contributed by atoms with E-state index in [-0.39, 0.29) is 4.99 Å².